The van der Waals surface area contributed by atoms with E-state index in [1.54, 1.807) is 6.08 Å². The molecule has 2 aliphatic rings. The Kier molecular flexibility index (Phi) is 12.5. The lowest BCUT2D eigenvalue weighted by Gasteiger charge is -2.35. The van der Waals surface area contributed by atoms with E-state index in [2.05, 4.69) is 11.5 Å². The fraction of sp³-hybridized carbons (Fsp3) is 0.722. The van der Waals surface area contributed by atoms with Gasteiger partial charge in [-0.05, 0) is 45.7 Å². The van der Waals surface area contributed by atoms with E-state index in [-0.39, 0.29) is 0 Å². The number of ketones is 1. The van der Waals surface area contributed by atoms with E-state index in [9.17, 15) is 4.79 Å². The molecule has 0 aromatic rings. The molecule has 2 fully saturated rings. The lowest BCUT2D eigenvalue weighted by molar-refractivity contribution is -0.126. The third-order valence-corrected chi connectivity index (χ3v) is 3.68. The maximum atomic E-state index is 11.7. The molecule has 2 heteroatoms. The van der Waals surface area contributed by atoms with Crippen molar-refractivity contribution in [1.82, 2.24) is 4.90 Å². The molecule has 0 radical (unpaired) electrons. The zero-order valence-corrected chi connectivity index (χ0v) is 13.7. The highest BCUT2D eigenvalue weighted by Crippen LogP contribution is 2.22. The van der Waals surface area contributed by atoms with Gasteiger partial charge in [0.2, 0.25) is 0 Å². The third kappa shape index (κ3) is 7.64. The predicted octanol–water partition coefficient (Wildman–Crippen LogP) is 4.76. The molecule has 1 saturated heterocycles. The Labute approximate surface area is 125 Å². The quantitative estimate of drug-likeness (QED) is 0.679. The van der Waals surface area contributed by atoms with Gasteiger partial charge in [0.05, 0.1) is 6.04 Å². The molecule has 0 spiro atoms. The second-order valence-electron chi connectivity index (χ2n) is 5.09. The first-order valence-corrected chi connectivity index (χ1v) is 8.30. The number of piperidine rings is 1. The molecule has 0 N–H and O–H groups in total. The first-order valence-electron chi connectivity index (χ1n) is 8.30. The minimum absolute atomic E-state index is 0.300. The summed E-state index contributed by atoms with van der Waals surface area (Å²) in [5, 5.41) is 0. The molecule has 0 aromatic heterocycles. The van der Waals surface area contributed by atoms with Crippen LogP contribution in [0.1, 0.15) is 65.7 Å². The summed E-state index contributed by atoms with van der Waals surface area (Å²) >= 11 is 0. The van der Waals surface area contributed by atoms with Gasteiger partial charge in [0.15, 0.2) is 0 Å². The molecule has 0 aromatic carbocycles. The Morgan fingerprint density at radius 2 is 1.75 bits per heavy atom. The topological polar surface area (TPSA) is 20.3 Å². The minimum atomic E-state index is 0.300. The zero-order valence-electron chi connectivity index (χ0n) is 13.7. The van der Waals surface area contributed by atoms with Crippen molar-refractivity contribution in [2.45, 2.75) is 71.8 Å². The van der Waals surface area contributed by atoms with Crippen LogP contribution >= 0.6 is 0 Å². The highest BCUT2D eigenvalue weighted by atomic mass is 16.1. The van der Waals surface area contributed by atoms with Gasteiger partial charge in [0, 0.05) is 6.42 Å². The number of carbonyl (C=O) groups excluding carboxylic acids is 1. The average molecular weight is 279 g/mol. The second-order valence-corrected chi connectivity index (χ2v) is 5.09. The average Bonchev–Trinajstić information content (AvgIpc) is 2.52. The monoisotopic (exact) mass is 279 g/mol. The van der Waals surface area contributed by atoms with Gasteiger partial charge in [-0.3, -0.25) is 9.69 Å². The number of likely N-dealkylation sites (tertiary alicyclic amines) is 1. The maximum absolute atomic E-state index is 11.7. The van der Waals surface area contributed by atoms with Crippen molar-refractivity contribution < 1.29 is 4.79 Å². The van der Waals surface area contributed by atoms with Crippen LogP contribution in [0.3, 0.4) is 0 Å². The summed E-state index contributed by atoms with van der Waals surface area (Å²) < 4.78 is 0. The van der Waals surface area contributed by atoms with Gasteiger partial charge < -0.3 is 0 Å². The van der Waals surface area contributed by atoms with Gasteiger partial charge in [0.25, 0.3) is 0 Å². The number of nitrogens with zero attached hydrogens (tertiary/aromatic N) is 1. The molecule has 1 saturated carbocycles. The smallest absolute Gasteiger partial charge is 0.149 e. The van der Waals surface area contributed by atoms with E-state index in [1.807, 2.05) is 32.9 Å². The summed E-state index contributed by atoms with van der Waals surface area (Å²) in [6, 6.07) is 0.300. The van der Waals surface area contributed by atoms with Crippen molar-refractivity contribution >= 4 is 5.78 Å². The van der Waals surface area contributed by atoms with Crippen LogP contribution in [-0.4, -0.2) is 29.8 Å². The van der Waals surface area contributed by atoms with Gasteiger partial charge in [0.1, 0.15) is 5.78 Å². The third-order valence-electron chi connectivity index (χ3n) is 3.68. The molecule has 1 atom stereocenters. The molecule has 2 nitrogen and oxygen atoms in total. The van der Waals surface area contributed by atoms with E-state index >= 15 is 0 Å². The standard InChI is InChI=1S/C11H19NO.C5H8.C2H6/c13-11-7-3-2-6-10(11)12-8-4-1-5-9-12;1-3-5-4-2;1-2/h10H,1-9H2;3-5H,1H2,2H3;1-2H3/b;5-4-;. The van der Waals surface area contributed by atoms with Crippen LogP contribution in [0.15, 0.2) is 24.8 Å². The molecule has 0 amide bonds. The molecule has 0 bridgehead atoms. The van der Waals surface area contributed by atoms with Crippen molar-refractivity contribution in [3.63, 3.8) is 0 Å². The normalized spacial score (nSPS) is 23.4. The van der Waals surface area contributed by atoms with Gasteiger partial charge in [-0.15, -0.1) is 0 Å². The van der Waals surface area contributed by atoms with Crippen molar-refractivity contribution in [1.29, 1.82) is 0 Å². The van der Waals surface area contributed by atoms with Crippen molar-refractivity contribution in [2.75, 3.05) is 13.1 Å². The summed E-state index contributed by atoms with van der Waals surface area (Å²) in [5.74, 6) is 0.508. The molecule has 116 valence electrons. The molecule has 1 aliphatic carbocycles. The van der Waals surface area contributed by atoms with Crippen LogP contribution in [0.4, 0.5) is 0 Å². The van der Waals surface area contributed by atoms with Crippen LogP contribution in [0.2, 0.25) is 0 Å². The van der Waals surface area contributed by atoms with Gasteiger partial charge in [-0.25, -0.2) is 0 Å². The Bertz CT molecular complexity index is 277. The van der Waals surface area contributed by atoms with Gasteiger partial charge in [-0.1, -0.05) is 51.5 Å². The molecular weight excluding hydrogens is 246 g/mol. The Hall–Kier alpha value is -0.890. The van der Waals surface area contributed by atoms with Gasteiger partial charge in [-0.2, -0.15) is 0 Å². The fourth-order valence-electron chi connectivity index (χ4n) is 2.72. The molecule has 20 heavy (non-hydrogen) atoms. The zero-order chi connectivity index (χ0) is 15.2. The highest BCUT2D eigenvalue weighted by molar-refractivity contribution is 5.84. The van der Waals surface area contributed by atoms with Gasteiger partial charge >= 0.3 is 0 Å². The number of rotatable bonds is 2. The van der Waals surface area contributed by atoms with Crippen LogP contribution in [-0.2, 0) is 4.79 Å². The van der Waals surface area contributed by atoms with E-state index in [0.717, 1.165) is 32.4 Å². The van der Waals surface area contributed by atoms with Crippen molar-refractivity contribution in [2.24, 2.45) is 0 Å². The molecular formula is C18H33NO. The van der Waals surface area contributed by atoms with Crippen LogP contribution in [0, 0.1) is 0 Å². The molecule has 1 aliphatic heterocycles. The fourth-order valence-corrected chi connectivity index (χ4v) is 2.72. The van der Waals surface area contributed by atoms with Crippen LogP contribution in [0.5, 0.6) is 0 Å². The van der Waals surface area contributed by atoms with E-state index in [4.69, 9.17) is 0 Å². The van der Waals surface area contributed by atoms with E-state index in [1.165, 1.54) is 25.7 Å². The summed E-state index contributed by atoms with van der Waals surface area (Å²) in [7, 11) is 0. The van der Waals surface area contributed by atoms with E-state index < -0.39 is 0 Å². The van der Waals surface area contributed by atoms with Crippen LogP contribution in [0.25, 0.3) is 0 Å². The molecule has 1 unspecified atom stereocenters. The van der Waals surface area contributed by atoms with Crippen LogP contribution < -0.4 is 0 Å². The minimum Gasteiger partial charge on any atom is -0.298 e. The Balaban J connectivity index is 0.000000441. The lowest BCUT2D eigenvalue weighted by Crippen LogP contribution is -2.45. The summed E-state index contributed by atoms with van der Waals surface area (Å²) in [6.07, 6.45) is 13.9. The van der Waals surface area contributed by atoms with Crippen molar-refractivity contribution in [3.8, 4) is 0 Å². The first-order chi connectivity index (χ1) is 9.79. The number of hydrogen-bond acceptors (Lipinski definition) is 2. The Morgan fingerprint density at radius 3 is 2.20 bits per heavy atom. The maximum Gasteiger partial charge on any atom is 0.149 e. The SMILES string of the molecule is C=C/C=C\C.CC.O=C1CCCCC1N1CCCCC1. The van der Waals surface area contributed by atoms with Crippen molar-refractivity contribution in [3.05, 3.63) is 24.8 Å². The number of allylic oxidation sites excluding steroid dienone is 3. The second kappa shape index (κ2) is 13.1. The van der Waals surface area contributed by atoms with E-state index in [0.29, 0.717) is 11.8 Å². The molecule has 1 heterocycles. The largest absolute Gasteiger partial charge is 0.298 e. The summed E-state index contributed by atoms with van der Waals surface area (Å²) in [6.45, 7) is 11.7. The first kappa shape index (κ1) is 19.1. The number of hydrogen-bond donors (Lipinski definition) is 0. The number of Topliss-reactive ketones (excluding diaryl/α,β-unsaturated/α-hetero) is 1. The number of carbonyl (C=O) groups is 1. The Morgan fingerprint density at radius 1 is 1.10 bits per heavy atom. The lowest BCUT2D eigenvalue weighted by atomic mass is 9.91. The highest BCUT2D eigenvalue weighted by Gasteiger charge is 2.28. The summed E-state index contributed by atoms with van der Waals surface area (Å²) in [4.78, 5) is 14.1. The summed E-state index contributed by atoms with van der Waals surface area (Å²) in [5.41, 5.74) is 0. The predicted molar refractivity (Wildman–Crippen MR) is 89.0 cm³/mol. The molecule has 2 rings (SSSR count).